The van der Waals surface area contributed by atoms with Crippen molar-refractivity contribution in [2.75, 3.05) is 13.7 Å². The van der Waals surface area contributed by atoms with E-state index in [-0.39, 0.29) is 0 Å². The first-order chi connectivity index (χ1) is 4.34. The van der Waals surface area contributed by atoms with E-state index in [1.807, 2.05) is 0 Å². The highest BCUT2D eigenvalue weighted by Gasteiger charge is 2.14. The van der Waals surface area contributed by atoms with Gasteiger partial charge in [-0.15, -0.1) is 0 Å². The Bertz CT molecular complexity index is 116. The lowest BCUT2D eigenvalue weighted by molar-refractivity contribution is 0.166. The number of hydrogen-bond donors (Lipinski definition) is 0. The molecule has 0 fully saturated rings. The molecule has 1 unspecified atom stereocenters. The summed E-state index contributed by atoms with van der Waals surface area (Å²) in [5, 5.41) is 0. The van der Waals surface area contributed by atoms with Crippen molar-refractivity contribution in [1.29, 1.82) is 0 Å². The molecule has 0 saturated heterocycles. The summed E-state index contributed by atoms with van der Waals surface area (Å²) in [6.45, 7) is 3.10. The molecule has 0 bridgehead atoms. The molecule has 0 aliphatic heterocycles. The first-order valence-electron chi connectivity index (χ1n) is 3.50. The number of allylic oxidation sites excluding steroid dienone is 1. The number of hydrogen-bond acceptors (Lipinski definition) is 1. The summed E-state index contributed by atoms with van der Waals surface area (Å²) in [4.78, 5) is 0. The lowest BCUT2D eigenvalue weighted by Crippen LogP contribution is -2.04. The maximum absolute atomic E-state index is 5.06. The van der Waals surface area contributed by atoms with Crippen LogP contribution in [0.15, 0.2) is 11.6 Å². The van der Waals surface area contributed by atoms with Crippen LogP contribution in [0.1, 0.15) is 19.8 Å². The Morgan fingerprint density at radius 1 is 1.78 bits per heavy atom. The highest BCUT2D eigenvalue weighted by atomic mass is 16.5. The van der Waals surface area contributed by atoms with Crippen LogP contribution in [-0.2, 0) is 4.74 Å². The average molecular weight is 126 g/mol. The Labute approximate surface area is 56.7 Å². The molecule has 9 heavy (non-hydrogen) atoms. The van der Waals surface area contributed by atoms with E-state index < -0.39 is 0 Å². The highest BCUT2D eigenvalue weighted by molar-refractivity contribution is 5.09. The fraction of sp³-hybridized carbons (Fsp3) is 0.750. The van der Waals surface area contributed by atoms with Gasteiger partial charge in [0.25, 0.3) is 0 Å². The van der Waals surface area contributed by atoms with Crippen LogP contribution >= 0.6 is 0 Å². The second kappa shape index (κ2) is 3.02. The van der Waals surface area contributed by atoms with Crippen molar-refractivity contribution in [3.05, 3.63) is 11.6 Å². The minimum Gasteiger partial charge on any atom is -0.384 e. The van der Waals surface area contributed by atoms with E-state index in [9.17, 15) is 0 Å². The van der Waals surface area contributed by atoms with Crippen molar-refractivity contribution in [2.24, 2.45) is 5.92 Å². The summed E-state index contributed by atoms with van der Waals surface area (Å²) in [5.41, 5.74) is 1.51. The molecule has 0 saturated carbocycles. The number of rotatable bonds is 2. The highest BCUT2D eigenvalue weighted by Crippen LogP contribution is 2.24. The first-order valence-corrected chi connectivity index (χ1v) is 3.50. The summed E-state index contributed by atoms with van der Waals surface area (Å²) in [7, 11) is 1.77. The summed E-state index contributed by atoms with van der Waals surface area (Å²) in [6.07, 6.45) is 4.85. The van der Waals surface area contributed by atoms with E-state index in [1.165, 1.54) is 18.4 Å². The Kier molecular flexibility index (Phi) is 2.29. The molecular weight excluding hydrogens is 112 g/mol. The average Bonchev–Trinajstić information content (AvgIpc) is 2.18. The second-order valence-corrected chi connectivity index (χ2v) is 2.68. The van der Waals surface area contributed by atoms with Crippen LogP contribution in [0.25, 0.3) is 0 Å². The molecule has 0 spiro atoms. The van der Waals surface area contributed by atoms with Gasteiger partial charge in [0.2, 0.25) is 0 Å². The predicted octanol–water partition coefficient (Wildman–Crippen LogP) is 1.99. The van der Waals surface area contributed by atoms with Gasteiger partial charge in [0.05, 0.1) is 6.61 Å². The maximum Gasteiger partial charge on any atom is 0.0527 e. The minimum atomic E-state index is 0.718. The van der Waals surface area contributed by atoms with Crippen LogP contribution in [-0.4, -0.2) is 13.7 Å². The van der Waals surface area contributed by atoms with Crippen LogP contribution in [0.4, 0.5) is 0 Å². The van der Waals surface area contributed by atoms with E-state index >= 15 is 0 Å². The number of methoxy groups -OCH3 is 1. The molecule has 1 rings (SSSR count). The fourth-order valence-corrected chi connectivity index (χ4v) is 1.32. The SMILES string of the molecule is COCC1CCC=C1C. The molecule has 0 aromatic heterocycles. The molecule has 1 atom stereocenters. The maximum atomic E-state index is 5.06. The summed E-state index contributed by atoms with van der Waals surface area (Å²) < 4.78 is 5.06. The molecule has 1 nitrogen and oxygen atoms in total. The van der Waals surface area contributed by atoms with Crippen LogP contribution in [0.2, 0.25) is 0 Å². The van der Waals surface area contributed by atoms with E-state index in [0.717, 1.165) is 12.5 Å². The summed E-state index contributed by atoms with van der Waals surface area (Å²) in [5.74, 6) is 0.718. The third-order valence-electron chi connectivity index (χ3n) is 1.99. The Morgan fingerprint density at radius 2 is 2.56 bits per heavy atom. The molecule has 0 radical (unpaired) electrons. The van der Waals surface area contributed by atoms with Gasteiger partial charge >= 0.3 is 0 Å². The second-order valence-electron chi connectivity index (χ2n) is 2.68. The van der Waals surface area contributed by atoms with E-state index in [0.29, 0.717) is 0 Å². The third kappa shape index (κ3) is 1.55. The summed E-state index contributed by atoms with van der Waals surface area (Å²) >= 11 is 0. The molecule has 0 N–H and O–H groups in total. The topological polar surface area (TPSA) is 9.23 Å². The van der Waals surface area contributed by atoms with E-state index in [1.54, 1.807) is 7.11 Å². The zero-order valence-corrected chi connectivity index (χ0v) is 6.18. The molecule has 0 heterocycles. The quantitative estimate of drug-likeness (QED) is 0.514. The Hall–Kier alpha value is -0.300. The molecule has 52 valence electrons. The Balaban J connectivity index is 2.34. The smallest absolute Gasteiger partial charge is 0.0527 e. The third-order valence-corrected chi connectivity index (χ3v) is 1.99. The van der Waals surface area contributed by atoms with Gasteiger partial charge in [0.15, 0.2) is 0 Å². The van der Waals surface area contributed by atoms with Gasteiger partial charge in [-0.3, -0.25) is 0 Å². The first kappa shape index (κ1) is 6.81. The zero-order chi connectivity index (χ0) is 6.69. The molecule has 1 aliphatic carbocycles. The van der Waals surface area contributed by atoms with Crippen LogP contribution < -0.4 is 0 Å². The van der Waals surface area contributed by atoms with Crippen LogP contribution in [0.3, 0.4) is 0 Å². The van der Waals surface area contributed by atoms with Crippen LogP contribution in [0.5, 0.6) is 0 Å². The van der Waals surface area contributed by atoms with Crippen molar-refractivity contribution < 1.29 is 4.74 Å². The van der Waals surface area contributed by atoms with Crippen molar-refractivity contribution >= 4 is 0 Å². The van der Waals surface area contributed by atoms with Gasteiger partial charge < -0.3 is 4.74 Å². The normalized spacial score (nSPS) is 26.4. The van der Waals surface area contributed by atoms with Gasteiger partial charge in [-0.25, -0.2) is 0 Å². The van der Waals surface area contributed by atoms with Gasteiger partial charge in [0.1, 0.15) is 0 Å². The molecule has 0 aromatic carbocycles. The monoisotopic (exact) mass is 126 g/mol. The summed E-state index contributed by atoms with van der Waals surface area (Å²) in [6, 6.07) is 0. The Morgan fingerprint density at radius 3 is 3.00 bits per heavy atom. The minimum absolute atomic E-state index is 0.718. The van der Waals surface area contributed by atoms with Gasteiger partial charge in [-0.2, -0.15) is 0 Å². The van der Waals surface area contributed by atoms with E-state index in [2.05, 4.69) is 13.0 Å². The fourth-order valence-electron chi connectivity index (χ4n) is 1.32. The van der Waals surface area contributed by atoms with Crippen molar-refractivity contribution in [1.82, 2.24) is 0 Å². The van der Waals surface area contributed by atoms with Crippen molar-refractivity contribution in [3.63, 3.8) is 0 Å². The lowest BCUT2D eigenvalue weighted by Gasteiger charge is -2.08. The van der Waals surface area contributed by atoms with E-state index in [4.69, 9.17) is 4.74 Å². The molecular formula is C8H14O. The molecule has 0 aromatic rings. The molecule has 1 heteroatoms. The standard InChI is InChI=1S/C8H14O/c1-7-4-3-5-8(7)6-9-2/h4,8H,3,5-6H2,1-2H3. The van der Waals surface area contributed by atoms with Crippen molar-refractivity contribution in [2.45, 2.75) is 19.8 Å². The largest absolute Gasteiger partial charge is 0.384 e. The van der Waals surface area contributed by atoms with Gasteiger partial charge in [-0.1, -0.05) is 11.6 Å². The number of ether oxygens (including phenoxy) is 1. The lowest BCUT2D eigenvalue weighted by atomic mass is 10.1. The molecule has 0 amide bonds. The predicted molar refractivity (Wildman–Crippen MR) is 38.4 cm³/mol. The van der Waals surface area contributed by atoms with Crippen molar-refractivity contribution in [3.8, 4) is 0 Å². The zero-order valence-electron chi connectivity index (χ0n) is 6.18. The van der Waals surface area contributed by atoms with Crippen LogP contribution in [0, 0.1) is 5.92 Å². The van der Waals surface area contributed by atoms with Gasteiger partial charge in [-0.05, 0) is 19.8 Å². The van der Waals surface area contributed by atoms with Gasteiger partial charge in [0, 0.05) is 13.0 Å². The molecule has 1 aliphatic rings.